The largest absolute Gasteiger partial charge is 0.461 e. The Bertz CT molecular complexity index is 613. The van der Waals surface area contributed by atoms with E-state index in [1.807, 2.05) is 12.1 Å². The van der Waals surface area contributed by atoms with Crippen molar-refractivity contribution in [1.82, 2.24) is 15.3 Å². The molecule has 20 heavy (non-hydrogen) atoms. The molecule has 0 saturated heterocycles. The Labute approximate surface area is 117 Å². The summed E-state index contributed by atoms with van der Waals surface area (Å²) in [6, 6.07) is 3.90. The molecule has 2 atom stereocenters. The highest BCUT2D eigenvalue weighted by molar-refractivity contribution is 5.91. The van der Waals surface area contributed by atoms with Crippen molar-refractivity contribution in [3.63, 3.8) is 0 Å². The summed E-state index contributed by atoms with van der Waals surface area (Å²) < 4.78 is 5.70. The van der Waals surface area contributed by atoms with Crippen molar-refractivity contribution in [2.45, 2.75) is 25.8 Å². The number of nitrogens with zero attached hydrogens (tertiary/aromatic N) is 1. The number of carbonyl (C=O) groups is 1. The van der Waals surface area contributed by atoms with Crippen LogP contribution in [0.1, 0.15) is 36.5 Å². The topological polar surface area (TPSA) is 70.9 Å². The van der Waals surface area contributed by atoms with E-state index >= 15 is 0 Å². The molecule has 2 heterocycles. The number of H-pyrrole nitrogens is 1. The summed E-state index contributed by atoms with van der Waals surface area (Å²) in [5, 5.41) is 2.77. The van der Waals surface area contributed by atoms with Gasteiger partial charge in [-0.2, -0.15) is 0 Å². The van der Waals surface area contributed by atoms with Crippen LogP contribution in [0, 0.1) is 5.92 Å². The lowest BCUT2D eigenvalue weighted by molar-refractivity contribution is -0.116. The van der Waals surface area contributed by atoms with Crippen LogP contribution in [0.3, 0.4) is 0 Å². The third-order valence-electron chi connectivity index (χ3n) is 3.53. The minimum atomic E-state index is -0.155. The molecule has 0 spiro atoms. The van der Waals surface area contributed by atoms with Crippen LogP contribution in [0.4, 0.5) is 0 Å². The number of rotatable bonds is 5. The second kappa shape index (κ2) is 5.36. The number of amides is 1. The first-order chi connectivity index (χ1) is 9.72. The minimum Gasteiger partial charge on any atom is -0.461 e. The van der Waals surface area contributed by atoms with E-state index in [1.54, 1.807) is 18.6 Å². The fourth-order valence-corrected chi connectivity index (χ4v) is 2.16. The molecule has 3 rings (SSSR count). The fraction of sp³-hybridized carbons (Fsp3) is 0.333. The van der Waals surface area contributed by atoms with Crippen LogP contribution in [-0.4, -0.2) is 15.9 Å². The van der Waals surface area contributed by atoms with Gasteiger partial charge in [0.2, 0.25) is 5.91 Å². The number of hydrogen-bond acceptors (Lipinski definition) is 3. The average molecular weight is 271 g/mol. The highest BCUT2D eigenvalue weighted by Gasteiger charge is 2.36. The van der Waals surface area contributed by atoms with Crippen LogP contribution in [0.15, 0.2) is 35.2 Å². The predicted octanol–water partition coefficient (Wildman–Crippen LogP) is 2.46. The first-order valence-corrected chi connectivity index (χ1v) is 6.75. The van der Waals surface area contributed by atoms with Crippen molar-refractivity contribution in [3.8, 4) is 0 Å². The maximum atomic E-state index is 11.6. The van der Waals surface area contributed by atoms with E-state index in [0.717, 1.165) is 23.1 Å². The zero-order valence-electron chi connectivity index (χ0n) is 11.3. The molecule has 2 aromatic heterocycles. The zero-order chi connectivity index (χ0) is 13.9. The molecule has 1 saturated carbocycles. The van der Waals surface area contributed by atoms with Gasteiger partial charge in [-0.25, -0.2) is 4.98 Å². The smallest absolute Gasteiger partial charge is 0.244 e. The molecule has 1 aliphatic carbocycles. The van der Waals surface area contributed by atoms with E-state index in [-0.39, 0.29) is 5.91 Å². The molecule has 0 radical (unpaired) electrons. The Morgan fingerprint density at radius 1 is 1.60 bits per heavy atom. The van der Waals surface area contributed by atoms with Crippen LogP contribution in [-0.2, 0) is 11.3 Å². The molecule has 2 aromatic rings. The van der Waals surface area contributed by atoms with E-state index in [1.165, 1.54) is 12.5 Å². The van der Waals surface area contributed by atoms with Gasteiger partial charge in [-0.1, -0.05) is 6.92 Å². The number of carbonyl (C=O) groups excluding carboxylic acids is 1. The van der Waals surface area contributed by atoms with Gasteiger partial charge in [0.15, 0.2) is 0 Å². The third-order valence-corrected chi connectivity index (χ3v) is 3.53. The lowest BCUT2D eigenvalue weighted by Gasteiger charge is -1.98. The Kier molecular flexibility index (Phi) is 3.41. The summed E-state index contributed by atoms with van der Waals surface area (Å²) >= 11 is 0. The Morgan fingerprint density at radius 2 is 2.45 bits per heavy atom. The van der Waals surface area contributed by atoms with E-state index in [2.05, 4.69) is 22.2 Å². The lowest BCUT2D eigenvalue weighted by atomic mass is 10.3. The first kappa shape index (κ1) is 12.7. The first-order valence-electron chi connectivity index (χ1n) is 6.75. The molecule has 1 fully saturated rings. The summed E-state index contributed by atoms with van der Waals surface area (Å²) in [6.45, 7) is 2.65. The number of nitrogens with one attached hydrogen (secondary N) is 2. The Morgan fingerprint density at radius 3 is 3.15 bits per heavy atom. The minimum absolute atomic E-state index is 0.155. The van der Waals surface area contributed by atoms with Crippen molar-refractivity contribution >= 4 is 12.0 Å². The van der Waals surface area contributed by atoms with Gasteiger partial charge >= 0.3 is 0 Å². The third kappa shape index (κ3) is 2.99. The van der Waals surface area contributed by atoms with E-state index in [9.17, 15) is 4.79 Å². The summed E-state index contributed by atoms with van der Waals surface area (Å²) in [6.07, 6.45) is 7.63. The molecule has 1 amide bonds. The van der Waals surface area contributed by atoms with Gasteiger partial charge in [-0.05, 0) is 30.5 Å². The van der Waals surface area contributed by atoms with Crippen molar-refractivity contribution in [3.05, 3.63) is 47.9 Å². The summed E-state index contributed by atoms with van der Waals surface area (Å²) in [4.78, 5) is 18.5. The van der Waals surface area contributed by atoms with Gasteiger partial charge in [-0.15, -0.1) is 0 Å². The van der Waals surface area contributed by atoms with Crippen molar-refractivity contribution in [1.29, 1.82) is 0 Å². The maximum absolute atomic E-state index is 11.6. The number of aromatic nitrogens is 2. The van der Waals surface area contributed by atoms with E-state index in [4.69, 9.17) is 4.42 Å². The second-order valence-electron chi connectivity index (χ2n) is 5.19. The van der Waals surface area contributed by atoms with Crippen molar-refractivity contribution in [2.24, 2.45) is 5.92 Å². The summed E-state index contributed by atoms with van der Waals surface area (Å²) in [7, 11) is 0. The molecule has 1 aliphatic rings. The summed E-state index contributed by atoms with van der Waals surface area (Å²) in [5.74, 6) is 2.87. The number of hydrogen-bond donors (Lipinski definition) is 2. The Hall–Kier alpha value is -2.30. The molecule has 5 heteroatoms. The van der Waals surface area contributed by atoms with Crippen LogP contribution in [0.25, 0.3) is 6.08 Å². The van der Waals surface area contributed by atoms with Gasteiger partial charge in [0.25, 0.3) is 0 Å². The molecular formula is C15H17N3O2. The zero-order valence-corrected chi connectivity index (χ0v) is 11.3. The lowest BCUT2D eigenvalue weighted by Crippen LogP contribution is -2.20. The molecule has 0 bridgehead atoms. The van der Waals surface area contributed by atoms with E-state index in [0.29, 0.717) is 12.5 Å². The average Bonchev–Trinajstić information content (AvgIpc) is 2.92. The molecular weight excluding hydrogens is 254 g/mol. The molecule has 0 aliphatic heterocycles. The van der Waals surface area contributed by atoms with Crippen molar-refractivity contribution < 1.29 is 9.21 Å². The van der Waals surface area contributed by atoms with Gasteiger partial charge in [0, 0.05) is 18.2 Å². The van der Waals surface area contributed by atoms with Crippen LogP contribution >= 0.6 is 0 Å². The predicted molar refractivity (Wildman–Crippen MR) is 74.7 cm³/mol. The van der Waals surface area contributed by atoms with E-state index < -0.39 is 0 Å². The number of furan rings is 1. The Balaban J connectivity index is 1.51. The maximum Gasteiger partial charge on any atom is 0.244 e. The van der Waals surface area contributed by atoms with Crippen molar-refractivity contribution in [2.75, 3.05) is 0 Å². The van der Waals surface area contributed by atoms with Gasteiger partial charge in [0.1, 0.15) is 11.5 Å². The van der Waals surface area contributed by atoms with Gasteiger partial charge < -0.3 is 14.7 Å². The molecule has 2 N–H and O–H groups in total. The van der Waals surface area contributed by atoms with Crippen LogP contribution in [0.5, 0.6) is 0 Å². The van der Waals surface area contributed by atoms with Crippen LogP contribution in [0.2, 0.25) is 0 Å². The molecule has 5 nitrogen and oxygen atoms in total. The standard InChI is InChI=1S/C15H17N3O2/c1-10-6-13(10)14-4-2-12(20-14)3-5-15(19)17-8-11-7-16-9-18-11/h2-5,7,9-10,13H,6,8H2,1H3,(H,16,18)(H,17,19). The molecule has 2 unspecified atom stereocenters. The normalized spacial score (nSPS) is 21.2. The molecule has 104 valence electrons. The fourth-order valence-electron chi connectivity index (χ4n) is 2.16. The highest BCUT2D eigenvalue weighted by atomic mass is 16.3. The number of imidazole rings is 1. The quantitative estimate of drug-likeness (QED) is 0.821. The van der Waals surface area contributed by atoms with Crippen LogP contribution < -0.4 is 5.32 Å². The SMILES string of the molecule is CC1CC1c1ccc(C=CC(=O)NCc2cnc[nH]2)o1. The number of aromatic amines is 1. The second-order valence-corrected chi connectivity index (χ2v) is 5.19. The van der Waals surface area contributed by atoms with Gasteiger partial charge in [-0.3, -0.25) is 4.79 Å². The molecule has 0 aromatic carbocycles. The monoisotopic (exact) mass is 271 g/mol. The summed E-state index contributed by atoms with van der Waals surface area (Å²) in [5.41, 5.74) is 0.870. The van der Waals surface area contributed by atoms with Gasteiger partial charge in [0.05, 0.1) is 18.6 Å². The highest BCUT2D eigenvalue weighted by Crippen LogP contribution is 2.47.